The fraction of sp³-hybridized carbons (Fsp3) is 0.524. The van der Waals surface area contributed by atoms with Gasteiger partial charge >= 0.3 is 0 Å². The second kappa shape index (κ2) is 9.57. The first-order valence-corrected chi connectivity index (χ1v) is 10.1. The average molecular weight is 388 g/mol. The molecule has 2 heterocycles. The van der Waals surface area contributed by atoms with E-state index in [-0.39, 0.29) is 11.9 Å². The summed E-state index contributed by atoms with van der Waals surface area (Å²) in [4.78, 5) is 6.87. The highest BCUT2D eigenvalue weighted by Crippen LogP contribution is 2.21. The van der Waals surface area contributed by atoms with Crippen molar-refractivity contribution in [2.24, 2.45) is 4.99 Å². The van der Waals surface area contributed by atoms with E-state index in [4.69, 9.17) is 4.52 Å². The van der Waals surface area contributed by atoms with E-state index in [0.29, 0.717) is 12.5 Å². The molecule has 28 heavy (non-hydrogen) atoms. The van der Waals surface area contributed by atoms with Gasteiger partial charge in [0, 0.05) is 37.4 Å². The van der Waals surface area contributed by atoms with Crippen molar-refractivity contribution < 1.29 is 8.91 Å². The van der Waals surface area contributed by atoms with Gasteiger partial charge in [-0.1, -0.05) is 25.1 Å². The van der Waals surface area contributed by atoms with E-state index in [1.807, 2.05) is 19.1 Å². The predicted octanol–water partition coefficient (Wildman–Crippen LogP) is 3.66. The number of nitrogens with zero attached hydrogens (tertiary/aromatic N) is 3. The lowest BCUT2D eigenvalue weighted by Gasteiger charge is -2.35. The summed E-state index contributed by atoms with van der Waals surface area (Å²) in [7, 11) is 0. The number of hydrogen-bond acceptors (Lipinski definition) is 4. The number of piperidine rings is 1. The summed E-state index contributed by atoms with van der Waals surface area (Å²) >= 11 is 0. The van der Waals surface area contributed by atoms with Crippen LogP contribution < -0.4 is 15.5 Å². The van der Waals surface area contributed by atoms with Crippen LogP contribution in [0.1, 0.15) is 51.0 Å². The zero-order chi connectivity index (χ0) is 19.9. The van der Waals surface area contributed by atoms with Crippen LogP contribution in [-0.4, -0.2) is 36.8 Å². The minimum atomic E-state index is -0.199. The van der Waals surface area contributed by atoms with Gasteiger partial charge < -0.3 is 20.1 Å². The molecule has 0 spiro atoms. The number of aromatic nitrogens is 1. The average Bonchev–Trinajstić information content (AvgIpc) is 3.16. The third kappa shape index (κ3) is 5.47. The third-order valence-electron chi connectivity index (χ3n) is 4.84. The van der Waals surface area contributed by atoms with Gasteiger partial charge in [0.15, 0.2) is 11.7 Å². The lowest BCUT2D eigenvalue weighted by molar-refractivity contribution is 0.376. The highest BCUT2D eigenvalue weighted by atomic mass is 19.1. The SMILES string of the molecule is CCNC(=NCc1cc(C(C)C)no1)NC1CCCN(c2cccc(F)c2)C1. The maximum atomic E-state index is 13.6. The second-order valence-corrected chi connectivity index (χ2v) is 7.48. The maximum Gasteiger partial charge on any atom is 0.191 e. The molecule has 1 aromatic carbocycles. The summed E-state index contributed by atoms with van der Waals surface area (Å²) in [5.74, 6) is 1.65. The van der Waals surface area contributed by atoms with Crippen LogP contribution in [0, 0.1) is 5.82 Å². The lowest BCUT2D eigenvalue weighted by Crippen LogP contribution is -2.51. The largest absolute Gasteiger partial charge is 0.369 e. The van der Waals surface area contributed by atoms with Gasteiger partial charge in [-0.15, -0.1) is 0 Å². The molecule has 1 aliphatic heterocycles. The van der Waals surface area contributed by atoms with Gasteiger partial charge in [0.05, 0.1) is 5.69 Å². The number of guanidine groups is 1. The van der Waals surface area contributed by atoms with E-state index < -0.39 is 0 Å². The third-order valence-corrected chi connectivity index (χ3v) is 4.84. The maximum absolute atomic E-state index is 13.6. The van der Waals surface area contributed by atoms with Crippen LogP contribution >= 0.6 is 0 Å². The van der Waals surface area contributed by atoms with Gasteiger partial charge in [0.2, 0.25) is 0 Å². The molecule has 7 heteroatoms. The van der Waals surface area contributed by atoms with Crippen molar-refractivity contribution in [1.82, 2.24) is 15.8 Å². The van der Waals surface area contributed by atoms with Crippen molar-refractivity contribution in [2.45, 2.75) is 52.1 Å². The van der Waals surface area contributed by atoms with Crippen molar-refractivity contribution in [2.75, 3.05) is 24.5 Å². The monoisotopic (exact) mass is 387 g/mol. The predicted molar refractivity (Wildman–Crippen MR) is 110 cm³/mol. The molecule has 152 valence electrons. The van der Waals surface area contributed by atoms with Gasteiger partial charge in [-0.2, -0.15) is 0 Å². The first-order valence-electron chi connectivity index (χ1n) is 10.1. The Labute approximate surface area is 166 Å². The molecule has 1 saturated heterocycles. The number of nitrogens with one attached hydrogen (secondary N) is 2. The molecular weight excluding hydrogens is 357 g/mol. The highest BCUT2D eigenvalue weighted by Gasteiger charge is 2.21. The molecule has 1 aromatic heterocycles. The Morgan fingerprint density at radius 3 is 2.96 bits per heavy atom. The number of hydrogen-bond donors (Lipinski definition) is 2. The lowest BCUT2D eigenvalue weighted by atomic mass is 10.0. The zero-order valence-corrected chi connectivity index (χ0v) is 16.9. The fourth-order valence-corrected chi connectivity index (χ4v) is 3.35. The second-order valence-electron chi connectivity index (χ2n) is 7.48. The minimum absolute atomic E-state index is 0.199. The van der Waals surface area contributed by atoms with Gasteiger partial charge in [0.25, 0.3) is 0 Å². The number of anilines is 1. The molecule has 0 radical (unpaired) electrons. The Morgan fingerprint density at radius 2 is 2.25 bits per heavy atom. The molecule has 1 fully saturated rings. The minimum Gasteiger partial charge on any atom is -0.369 e. The van der Waals surface area contributed by atoms with Crippen LogP contribution in [0.4, 0.5) is 10.1 Å². The summed E-state index contributed by atoms with van der Waals surface area (Å²) < 4.78 is 18.9. The van der Waals surface area contributed by atoms with Crippen LogP contribution in [0.25, 0.3) is 0 Å². The zero-order valence-electron chi connectivity index (χ0n) is 16.9. The van der Waals surface area contributed by atoms with Crippen molar-refractivity contribution in [3.05, 3.63) is 47.6 Å². The Bertz CT molecular complexity index is 789. The van der Waals surface area contributed by atoms with Crippen LogP contribution in [-0.2, 0) is 6.54 Å². The molecule has 2 aromatic rings. The summed E-state index contributed by atoms with van der Waals surface area (Å²) in [6.45, 7) is 9.19. The number of benzene rings is 1. The van der Waals surface area contributed by atoms with E-state index in [1.54, 1.807) is 12.1 Å². The van der Waals surface area contributed by atoms with Crippen molar-refractivity contribution in [1.29, 1.82) is 0 Å². The molecule has 0 aliphatic carbocycles. The Morgan fingerprint density at radius 1 is 1.39 bits per heavy atom. The molecule has 0 saturated carbocycles. The normalized spacial score (nSPS) is 17.8. The van der Waals surface area contributed by atoms with E-state index in [9.17, 15) is 4.39 Å². The highest BCUT2D eigenvalue weighted by molar-refractivity contribution is 5.80. The van der Waals surface area contributed by atoms with Gasteiger partial charge in [-0.25, -0.2) is 9.38 Å². The molecule has 1 aliphatic rings. The van der Waals surface area contributed by atoms with Crippen LogP contribution in [0.3, 0.4) is 0 Å². The molecular formula is C21H30FN5O. The van der Waals surface area contributed by atoms with Gasteiger partial charge in [0.1, 0.15) is 12.4 Å². The molecule has 6 nitrogen and oxygen atoms in total. The Kier molecular flexibility index (Phi) is 6.90. The number of halogens is 1. The quantitative estimate of drug-likeness (QED) is 0.585. The fourth-order valence-electron chi connectivity index (χ4n) is 3.35. The Balaban J connectivity index is 1.62. The van der Waals surface area contributed by atoms with E-state index in [1.165, 1.54) is 6.07 Å². The van der Waals surface area contributed by atoms with Crippen LogP contribution in [0.15, 0.2) is 39.8 Å². The topological polar surface area (TPSA) is 65.7 Å². The van der Waals surface area contributed by atoms with Gasteiger partial charge in [-0.3, -0.25) is 0 Å². The molecule has 0 bridgehead atoms. The smallest absolute Gasteiger partial charge is 0.191 e. The summed E-state index contributed by atoms with van der Waals surface area (Å²) in [6, 6.07) is 9.00. The summed E-state index contributed by atoms with van der Waals surface area (Å²) in [6.07, 6.45) is 2.10. The van der Waals surface area contributed by atoms with E-state index in [0.717, 1.165) is 55.6 Å². The number of rotatable bonds is 6. The van der Waals surface area contributed by atoms with Crippen molar-refractivity contribution >= 4 is 11.6 Å². The molecule has 1 unspecified atom stereocenters. The van der Waals surface area contributed by atoms with Crippen LogP contribution in [0.2, 0.25) is 0 Å². The standard InChI is InChI=1S/C21H30FN5O/c1-4-23-21(24-13-19-12-20(15(2)3)26-28-19)25-17-8-6-10-27(14-17)18-9-5-7-16(22)11-18/h5,7,9,11-12,15,17H,4,6,8,10,13-14H2,1-3H3,(H2,23,24,25). The first kappa shape index (κ1) is 20.2. The number of aliphatic imine (C=N–C) groups is 1. The molecule has 1 atom stereocenters. The van der Waals surface area contributed by atoms with Crippen LogP contribution in [0.5, 0.6) is 0 Å². The van der Waals surface area contributed by atoms with Crippen molar-refractivity contribution in [3.63, 3.8) is 0 Å². The van der Waals surface area contributed by atoms with E-state index >= 15 is 0 Å². The Hall–Kier alpha value is -2.57. The molecule has 2 N–H and O–H groups in total. The molecule has 0 amide bonds. The van der Waals surface area contributed by atoms with E-state index in [2.05, 4.69) is 39.5 Å². The molecule has 3 rings (SSSR count). The first-order chi connectivity index (χ1) is 13.5. The van der Waals surface area contributed by atoms with Crippen molar-refractivity contribution in [3.8, 4) is 0 Å². The van der Waals surface area contributed by atoms with Gasteiger partial charge in [-0.05, 0) is 43.9 Å². The summed E-state index contributed by atoms with van der Waals surface area (Å²) in [5, 5.41) is 10.9. The summed E-state index contributed by atoms with van der Waals surface area (Å²) in [5.41, 5.74) is 1.87.